The second-order valence-electron chi connectivity index (χ2n) is 4.12. The molecule has 0 bridgehead atoms. The monoisotopic (exact) mass is 309 g/mol. The predicted octanol–water partition coefficient (Wildman–Crippen LogP) is 4.53. The number of aryl methyl sites for hydroxylation is 1. The van der Waals surface area contributed by atoms with Gasteiger partial charge in [0.25, 0.3) is 0 Å². The fourth-order valence-corrected chi connectivity index (χ4v) is 3.58. The van der Waals surface area contributed by atoms with E-state index < -0.39 is 0 Å². The summed E-state index contributed by atoms with van der Waals surface area (Å²) in [6, 6.07) is 12.8. The standard InChI is InChI=1S/C14H16BrNS/c15-12-9-10-17-14(12)13(16)8-4-7-11-5-2-1-3-6-11/h1-3,5-6,9-10,13H,4,7-8,16H2. The number of hydrogen-bond donors (Lipinski definition) is 1. The van der Waals surface area contributed by atoms with E-state index in [9.17, 15) is 0 Å². The molecule has 1 aromatic heterocycles. The van der Waals surface area contributed by atoms with Gasteiger partial charge >= 0.3 is 0 Å². The van der Waals surface area contributed by atoms with Crippen molar-refractivity contribution in [3.8, 4) is 0 Å². The van der Waals surface area contributed by atoms with E-state index in [1.165, 1.54) is 10.4 Å². The van der Waals surface area contributed by atoms with E-state index in [-0.39, 0.29) is 6.04 Å². The molecule has 0 aliphatic heterocycles. The summed E-state index contributed by atoms with van der Waals surface area (Å²) >= 11 is 5.27. The van der Waals surface area contributed by atoms with Crippen LogP contribution in [-0.2, 0) is 6.42 Å². The zero-order chi connectivity index (χ0) is 12.1. The Morgan fingerprint density at radius 2 is 1.94 bits per heavy atom. The number of hydrogen-bond acceptors (Lipinski definition) is 2. The minimum Gasteiger partial charge on any atom is -0.323 e. The van der Waals surface area contributed by atoms with Crippen LogP contribution in [0.1, 0.15) is 29.3 Å². The molecule has 0 aliphatic rings. The van der Waals surface area contributed by atoms with Crippen LogP contribution >= 0.6 is 27.3 Å². The third kappa shape index (κ3) is 3.66. The maximum absolute atomic E-state index is 6.18. The average molecular weight is 310 g/mol. The first-order valence-corrected chi connectivity index (χ1v) is 7.47. The van der Waals surface area contributed by atoms with Gasteiger partial charge in [0.2, 0.25) is 0 Å². The predicted molar refractivity (Wildman–Crippen MR) is 78.3 cm³/mol. The molecule has 0 spiro atoms. The molecule has 2 rings (SSSR count). The topological polar surface area (TPSA) is 26.0 Å². The van der Waals surface area contributed by atoms with Gasteiger partial charge in [0.05, 0.1) is 0 Å². The molecule has 90 valence electrons. The quantitative estimate of drug-likeness (QED) is 0.862. The van der Waals surface area contributed by atoms with Crippen LogP contribution in [0.15, 0.2) is 46.3 Å². The first kappa shape index (κ1) is 12.8. The lowest BCUT2D eigenvalue weighted by atomic mass is 10.0. The molecule has 0 amide bonds. The van der Waals surface area contributed by atoms with Crippen molar-refractivity contribution in [1.82, 2.24) is 0 Å². The van der Waals surface area contributed by atoms with Gasteiger partial charge in [-0.3, -0.25) is 0 Å². The van der Waals surface area contributed by atoms with Gasteiger partial charge in [0.1, 0.15) is 0 Å². The van der Waals surface area contributed by atoms with Crippen molar-refractivity contribution < 1.29 is 0 Å². The third-order valence-electron chi connectivity index (χ3n) is 2.80. The maximum atomic E-state index is 6.18. The molecule has 1 aromatic carbocycles. The summed E-state index contributed by atoms with van der Waals surface area (Å²) in [6.07, 6.45) is 3.28. The maximum Gasteiger partial charge on any atom is 0.0401 e. The van der Waals surface area contributed by atoms with Gasteiger partial charge in [-0.15, -0.1) is 11.3 Å². The number of thiophene rings is 1. The van der Waals surface area contributed by atoms with E-state index >= 15 is 0 Å². The first-order valence-electron chi connectivity index (χ1n) is 5.80. The minimum absolute atomic E-state index is 0.160. The molecule has 2 aromatic rings. The summed E-state index contributed by atoms with van der Waals surface area (Å²) in [5.41, 5.74) is 7.58. The fourth-order valence-electron chi connectivity index (χ4n) is 1.87. The second kappa shape index (κ2) is 6.34. The van der Waals surface area contributed by atoms with Gasteiger partial charge in [-0.1, -0.05) is 30.3 Å². The number of halogens is 1. The Morgan fingerprint density at radius 3 is 2.59 bits per heavy atom. The molecular weight excluding hydrogens is 294 g/mol. The molecule has 17 heavy (non-hydrogen) atoms. The Hall–Kier alpha value is -0.640. The Balaban J connectivity index is 1.81. The molecule has 1 nitrogen and oxygen atoms in total. The number of benzene rings is 1. The highest BCUT2D eigenvalue weighted by atomic mass is 79.9. The Kier molecular flexibility index (Phi) is 4.77. The lowest BCUT2D eigenvalue weighted by Crippen LogP contribution is -2.09. The van der Waals surface area contributed by atoms with E-state index in [2.05, 4.69) is 57.7 Å². The molecule has 0 fully saturated rings. The summed E-state index contributed by atoms with van der Waals surface area (Å²) in [5.74, 6) is 0. The molecule has 1 heterocycles. The molecule has 0 saturated carbocycles. The molecule has 2 N–H and O–H groups in total. The van der Waals surface area contributed by atoms with Gasteiger partial charge in [-0.2, -0.15) is 0 Å². The van der Waals surface area contributed by atoms with Crippen molar-refractivity contribution in [2.24, 2.45) is 5.73 Å². The highest BCUT2D eigenvalue weighted by Gasteiger charge is 2.10. The molecule has 0 radical (unpaired) electrons. The van der Waals surface area contributed by atoms with Crippen molar-refractivity contribution in [3.63, 3.8) is 0 Å². The van der Waals surface area contributed by atoms with Gasteiger partial charge in [0, 0.05) is 15.4 Å². The van der Waals surface area contributed by atoms with Gasteiger partial charge in [0.15, 0.2) is 0 Å². The molecular formula is C14H16BrNS. The summed E-state index contributed by atoms with van der Waals surface area (Å²) < 4.78 is 1.15. The largest absolute Gasteiger partial charge is 0.323 e. The van der Waals surface area contributed by atoms with Crippen LogP contribution in [0, 0.1) is 0 Å². The van der Waals surface area contributed by atoms with Crippen molar-refractivity contribution in [1.29, 1.82) is 0 Å². The average Bonchev–Trinajstić information content (AvgIpc) is 2.77. The van der Waals surface area contributed by atoms with Crippen LogP contribution in [-0.4, -0.2) is 0 Å². The molecule has 1 unspecified atom stereocenters. The van der Waals surface area contributed by atoms with Crippen molar-refractivity contribution in [3.05, 3.63) is 56.7 Å². The van der Waals surface area contributed by atoms with E-state index in [4.69, 9.17) is 5.73 Å². The number of nitrogens with two attached hydrogens (primary N) is 1. The van der Waals surface area contributed by atoms with Crippen molar-refractivity contribution >= 4 is 27.3 Å². The van der Waals surface area contributed by atoms with Crippen LogP contribution < -0.4 is 5.73 Å². The zero-order valence-corrected chi connectivity index (χ0v) is 12.0. The summed E-state index contributed by atoms with van der Waals surface area (Å²) in [4.78, 5) is 1.26. The fraction of sp³-hybridized carbons (Fsp3) is 0.286. The highest BCUT2D eigenvalue weighted by molar-refractivity contribution is 9.10. The van der Waals surface area contributed by atoms with Crippen LogP contribution in [0.25, 0.3) is 0 Å². The van der Waals surface area contributed by atoms with Crippen LogP contribution in [0.4, 0.5) is 0 Å². The van der Waals surface area contributed by atoms with Crippen molar-refractivity contribution in [2.45, 2.75) is 25.3 Å². The Labute approximate surface area is 115 Å². The van der Waals surface area contributed by atoms with Crippen LogP contribution in [0.5, 0.6) is 0 Å². The van der Waals surface area contributed by atoms with E-state index in [0.717, 1.165) is 23.7 Å². The van der Waals surface area contributed by atoms with E-state index in [0.29, 0.717) is 0 Å². The van der Waals surface area contributed by atoms with Gasteiger partial charge < -0.3 is 5.73 Å². The van der Waals surface area contributed by atoms with E-state index in [1.807, 2.05) is 0 Å². The normalized spacial score (nSPS) is 12.6. The van der Waals surface area contributed by atoms with Crippen LogP contribution in [0.3, 0.4) is 0 Å². The van der Waals surface area contributed by atoms with E-state index in [1.54, 1.807) is 11.3 Å². The lowest BCUT2D eigenvalue weighted by molar-refractivity contribution is 0.618. The summed E-state index contributed by atoms with van der Waals surface area (Å²) in [5, 5.41) is 2.08. The lowest BCUT2D eigenvalue weighted by Gasteiger charge is -2.10. The molecule has 3 heteroatoms. The highest BCUT2D eigenvalue weighted by Crippen LogP contribution is 2.30. The second-order valence-corrected chi connectivity index (χ2v) is 5.92. The van der Waals surface area contributed by atoms with Crippen molar-refractivity contribution in [2.75, 3.05) is 0 Å². The van der Waals surface area contributed by atoms with Gasteiger partial charge in [-0.05, 0) is 52.2 Å². The summed E-state index contributed by atoms with van der Waals surface area (Å²) in [6.45, 7) is 0. The Bertz CT molecular complexity index is 452. The molecule has 1 atom stereocenters. The number of rotatable bonds is 5. The molecule has 0 saturated heterocycles. The van der Waals surface area contributed by atoms with Gasteiger partial charge in [-0.25, -0.2) is 0 Å². The minimum atomic E-state index is 0.160. The summed E-state index contributed by atoms with van der Waals surface area (Å²) in [7, 11) is 0. The Morgan fingerprint density at radius 1 is 1.18 bits per heavy atom. The third-order valence-corrected chi connectivity index (χ3v) is 4.81. The first-order chi connectivity index (χ1) is 8.27. The SMILES string of the molecule is NC(CCCc1ccccc1)c1sccc1Br. The molecule has 0 aliphatic carbocycles. The smallest absolute Gasteiger partial charge is 0.0401 e. The zero-order valence-electron chi connectivity index (χ0n) is 9.60. The van der Waals surface area contributed by atoms with Crippen LogP contribution in [0.2, 0.25) is 0 Å².